The summed E-state index contributed by atoms with van der Waals surface area (Å²) in [5.74, 6) is -2.79. The number of nitrogens with zero attached hydrogens (tertiary/aromatic N) is 2. The van der Waals surface area contributed by atoms with Crippen molar-refractivity contribution in [3.05, 3.63) is 17.4 Å². The Kier molecular flexibility index (Phi) is 2.64. The van der Waals surface area contributed by atoms with Gasteiger partial charge in [0.2, 0.25) is 0 Å². The van der Waals surface area contributed by atoms with Gasteiger partial charge in [-0.05, 0) is 12.8 Å². The fourth-order valence-electron chi connectivity index (χ4n) is 2.88. The van der Waals surface area contributed by atoms with Gasteiger partial charge in [-0.3, -0.25) is 9.59 Å². The molecule has 96 valence electrons. The van der Waals surface area contributed by atoms with Gasteiger partial charge in [-0.1, -0.05) is 11.6 Å². The Morgan fingerprint density at radius 1 is 1.39 bits per heavy atom. The second-order valence-corrected chi connectivity index (χ2v) is 5.06. The molecule has 0 saturated carbocycles. The van der Waals surface area contributed by atoms with Gasteiger partial charge in [0.25, 0.3) is 5.91 Å². The van der Waals surface area contributed by atoms with Crippen molar-refractivity contribution in [1.82, 2.24) is 9.78 Å². The van der Waals surface area contributed by atoms with E-state index in [-0.39, 0.29) is 18.1 Å². The van der Waals surface area contributed by atoms with E-state index in [0.29, 0.717) is 11.4 Å². The second kappa shape index (κ2) is 4.07. The number of hydrogen-bond donors (Lipinski definition) is 1. The first-order valence-corrected chi connectivity index (χ1v) is 6.08. The molecule has 2 aliphatic heterocycles. The third kappa shape index (κ3) is 1.64. The molecule has 7 heteroatoms. The number of hydrogen-bond acceptors (Lipinski definition) is 4. The monoisotopic (exact) mass is 270 g/mol. The Morgan fingerprint density at radius 2 is 2.06 bits per heavy atom. The molecule has 0 unspecified atom stereocenters. The summed E-state index contributed by atoms with van der Waals surface area (Å²) in [6.45, 7) is 0. The lowest BCUT2D eigenvalue weighted by Crippen LogP contribution is -2.40. The molecule has 2 aliphatic rings. The standard InChI is InChI=1S/C11H11ClN2O4/c12-5-3-13-14(4-5)10(15)8-6-1-2-7(18-6)9(8)11(16)17/h3-4,6-9H,1-2H2,(H,16,17)/t6-,7-,8-,9-/m1/s1. The maximum Gasteiger partial charge on any atom is 0.310 e. The number of carboxylic acid groups (broad SMARTS) is 1. The van der Waals surface area contributed by atoms with Crippen molar-refractivity contribution in [1.29, 1.82) is 0 Å². The molecular weight excluding hydrogens is 260 g/mol. The molecule has 1 aromatic rings. The first-order valence-electron chi connectivity index (χ1n) is 5.70. The van der Waals surface area contributed by atoms with Gasteiger partial charge >= 0.3 is 5.97 Å². The molecule has 1 N–H and O–H groups in total. The molecule has 18 heavy (non-hydrogen) atoms. The molecule has 0 aliphatic carbocycles. The molecule has 3 rings (SSSR count). The van der Waals surface area contributed by atoms with Crippen LogP contribution >= 0.6 is 11.6 Å². The van der Waals surface area contributed by atoms with Crippen LogP contribution in [0.5, 0.6) is 0 Å². The van der Waals surface area contributed by atoms with Crippen LogP contribution in [0.3, 0.4) is 0 Å². The lowest BCUT2D eigenvalue weighted by atomic mass is 9.79. The first-order chi connectivity index (χ1) is 8.58. The fraction of sp³-hybridized carbons (Fsp3) is 0.545. The van der Waals surface area contributed by atoms with Crippen molar-refractivity contribution in [2.75, 3.05) is 0 Å². The fourth-order valence-corrected chi connectivity index (χ4v) is 3.02. The van der Waals surface area contributed by atoms with Crippen LogP contribution in [0.15, 0.2) is 12.4 Å². The minimum absolute atomic E-state index is 0.313. The van der Waals surface area contributed by atoms with Gasteiger partial charge in [-0.25, -0.2) is 4.68 Å². The zero-order chi connectivity index (χ0) is 12.9. The van der Waals surface area contributed by atoms with Crippen LogP contribution in [0.1, 0.15) is 17.6 Å². The summed E-state index contributed by atoms with van der Waals surface area (Å²) in [6, 6.07) is 0. The van der Waals surface area contributed by atoms with Gasteiger partial charge in [-0.15, -0.1) is 0 Å². The molecule has 4 atom stereocenters. The third-order valence-electron chi connectivity index (χ3n) is 3.62. The highest BCUT2D eigenvalue weighted by molar-refractivity contribution is 6.30. The molecule has 2 fully saturated rings. The summed E-state index contributed by atoms with van der Waals surface area (Å²) in [6.07, 6.45) is 3.49. The van der Waals surface area contributed by atoms with E-state index in [1.54, 1.807) is 0 Å². The molecule has 0 amide bonds. The third-order valence-corrected chi connectivity index (χ3v) is 3.82. The average Bonchev–Trinajstić information content (AvgIpc) is 3.01. The zero-order valence-corrected chi connectivity index (χ0v) is 10.1. The number of carbonyl (C=O) groups is 2. The molecule has 3 heterocycles. The van der Waals surface area contributed by atoms with Crippen molar-refractivity contribution >= 4 is 23.5 Å². The summed E-state index contributed by atoms with van der Waals surface area (Å²) in [4.78, 5) is 23.5. The minimum atomic E-state index is -0.987. The van der Waals surface area contributed by atoms with Crippen LogP contribution in [0.4, 0.5) is 0 Å². The van der Waals surface area contributed by atoms with Crippen molar-refractivity contribution in [3.63, 3.8) is 0 Å². The van der Waals surface area contributed by atoms with Gasteiger partial charge in [0.15, 0.2) is 0 Å². The van der Waals surface area contributed by atoms with Gasteiger partial charge in [0.05, 0.1) is 41.5 Å². The Bertz CT molecular complexity index is 515. The van der Waals surface area contributed by atoms with Crippen LogP contribution in [0.2, 0.25) is 5.02 Å². The van der Waals surface area contributed by atoms with Gasteiger partial charge in [0.1, 0.15) is 0 Å². The van der Waals surface area contributed by atoms with E-state index in [2.05, 4.69) is 5.10 Å². The highest BCUT2D eigenvalue weighted by Crippen LogP contribution is 2.44. The van der Waals surface area contributed by atoms with E-state index in [1.807, 2.05) is 0 Å². The lowest BCUT2D eigenvalue weighted by Gasteiger charge is -2.23. The lowest BCUT2D eigenvalue weighted by molar-refractivity contribution is -0.144. The van der Waals surface area contributed by atoms with Crippen LogP contribution in [0, 0.1) is 11.8 Å². The van der Waals surface area contributed by atoms with Crippen molar-refractivity contribution < 1.29 is 19.4 Å². The molecule has 0 radical (unpaired) electrons. The average molecular weight is 271 g/mol. The van der Waals surface area contributed by atoms with Crippen molar-refractivity contribution in [2.24, 2.45) is 11.8 Å². The van der Waals surface area contributed by atoms with Crippen LogP contribution in [-0.2, 0) is 9.53 Å². The van der Waals surface area contributed by atoms with Crippen molar-refractivity contribution in [3.8, 4) is 0 Å². The van der Waals surface area contributed by atoms with Crippen LogP contribution in [0.25, 0.3) is 0 Å². The predicted molar refractivity (Wildman–Crippen MR) is 60.4 cm³/mol. The maximum absolute atomic E-state index is 12.3. The number of carbonyl (C=O) groups excluding carboxylic acids is 1. The number of halogens is 1. The largest absolute Gasteiger partial charge is 0.481 e. The van der Waals surface area contributed by atoms with Gasteiger partial charge in [-0.2, -0.15) is 5.10 Å². The highest BCUT2D eigenvalue weighted by Gasteiger charge is 2.56. The molecule has 2 saturated heterocycles. The smallest absolute Gasteiger partial charge is 0.310 e. The summed E-state index contributed by atoms with van der Waals surface area (Å²) < 4.78 is 6.64. The minimum Gasteiger partial charge on any atom is -0.481 e. The van der Waals surface area contributed by atoms with E-state index in [4.69, 9.17) is 16.3 Å². The number of rotatable bonds is 2. The summed E-state index contributed by atoms with van der Waals surface area (Å²) in [7, 11) is 0. The Hall–Kier alpha value is -1.40. The Labute approximate surface area is 107 Å². The number of aliphatic carboxylic acids is 1. The SMILES string of the molecule is O=C(O)[C@H]1[C@H](C(=O)n2cc(Cl)cn2)[C@H]2CC[C@H]1O2. The van der Waals surface area contributed by atoms with Gasteiger partial charge < -0.3 is 9.84 Å². The normalized spacial score (nSPS) is 33.8. The zero-order valence-electron chi connectivity index (χ0n) is 9.32. The number of aromatic nitrogens is 2. The number of carboxylic acids is 1. The predicted octanol–water partition coefficient (Wildman–Crippen LogP) is 1.05. The highest BCUT2D eigenvalue weighted by atomic mass is 35.5. The van der Waals surface area contributed by atoms with E-state index in [1.165, 1.54) is 12.4 Å². The topological polar surface area (TPSA) is 81.4 Å². The first kappa shape index (κ1) is 11.7. The molecule has 0 aromatic carbocycles. The maximum atomic E-state index is 12.3. The van der Waals surface area contributed by atoms with Crippen LogP contribution < -0.4 is 0 Å². The van der Waals surface area contributed by atoms with E-state index in [0.717, 1.165) is 11.1 Å². The van der Waals surface area contributed by atoms with E-state index < -0.39 is 17.8 Å². The van der Waals surface area contributed by atoms with E-state index in [9.17, 15) is 14.7 Å². The Balaban J connectivity index is 1.91. The van der Waals surface area contributed by atoms with Gasteiger partial charge in [0, 0.05) is 0 Å². The number of fused-ring (bicyclic) bond motifs is 2. The number of ether oxygens (including phenoxy) is 1. The molecule has 6 nitrogen and oxygen atoms in total. The van der Waals surface area contributed by atoms with E-state index >= 15 is 0 Å². The molecular formula is C11H11ClN2O4. The Morgan fingerprint density at radius 3 is 2.61 bits per heavy atom. The van der Waals surface area contributed by atoms with Crippen molar-refractivity contribution in [2.45, 2.75) is 25.0 Å². The molecule has 2 bridgehead atoms. The molecule has 1 aromatic heterocycles. The second-order valence-electron chi connectivity index (χ2n) is 4.62. The quantitative estimate of drug-likeness (QED) is 0.869. The van der Waals surface area contributed by atoms with Crippen LogP contribution in [-0.4, -0.2) is 39.0 Å². The summed E-state index contributed by atoms with van der Waals surface area (Å²) in [5.41, 5.74) is 0. The summed E-state index contributed by atoms with van der Waals surface area (Å²) in [5, 5.41) is 13.4. The summed E-state index contributed by atoms with van der Waals surface area (Å²) >= 11 is 5.71. The molecule has 0 spiro atoms.